The zero-order valence-electron chi connectivity index (χ0n) is 15.4. The van der Waals surface area contributed by atoms with Crippen molar-refractivity contribution in [2.75, 3.05) is 6.61 Å². The zero-order valence-corrected chi connectivity index (χ0v) is 15.4. The van der Waals surface area contributed by atoms with Crippen molar-refractivity contribution >= 4 is 5.97 Å². The summed E-state index contributed by atoms with van der Waals surface area (Å²) in [6.45, 7) is 4.32. The number of unbranched alkanes of at least 4 members (excludes halogenated alkanes) is 9. The molecule has 0 bridgehead atoms. The van der Waals surface area contributed by atoms with Crippen LogP contribution in [0.1, 0.15) is 97.3 Å². The number of carbonyl (C=O) groups excluding carboxylic acids is 1. The summed E-state index contributed by atoms with van der Waals surface area (Å²) in [5, 5.41) is 9.85. The minimum absolute atomic E-state index is 0.168. The molecule has 0 amide bonds. The van der Waals surface area contributed by atoms with Crippen LogP contribution in [0.4, 0.5) is 0 Å². The quantitative estimate of drug-likeness (QED) is 0.326. The van der Waals surface area contributed by atoms with Gasteiger partial charge in [0, 0.05) is 12.5 Å². The van der Waals surface area contributed by atoms with Gasteiger partial charge in [0.25, 0.3) is 0 Å². The molecule has 0 aliphatic heterocycles. The molecule has 3 N–H and O–H groups in total. The van der Waals surface area contributed by atoms with E-state index in [4.69, 9.17) is 10.5 Å². The first-order valence-electron chi connectivity index (χ1n) is 9.65. The minimum atomic E-state index is -0.354. The second kappa shape index (κ2) is 16.3. The molecule has 2 atom stereocenters. The molecular formula is C19H39NO3. The van der Waals surface area contributed by atoms with Crippen molar-refractivity contribution in [1.82, 2.24) is 0 Å². The third kappa shape index (κ3) is 17.6. The number of aliphatic hydroxyl groups excluding tert-OH is 1. The molecule has 0 aliphatic rings. The van der Waals surface area contributed by atoms with Gasteiger partial charge in [-0.3, -0.25) is 4.79 Å². The van der Waals surface area contributed by atoms with Gasteiger partial charge in [-0.25, -0.2) is 0 Å². The molecule has 0 aromatic heterocycles. The molecule has 0 aromatic rings. The van der Waals surface area contributed by atoms with Crippen molar-refractivity contribution in [1.29, 1.82) is 0 Å². The highest BCUT2D eigenvalue weighted by molar-refractivity contribution is 5.69. The number of esters is 1. The Kier molecular flexibility index (Phi) is 15.8. The van der Waals surface area contributed by atoms with Crippen LogP contribution >= 0.6 is 0 Å². The topological polar surface area (TPSA) is 72.5 Å². The van der Waals surface area contributed by atoms with Crippen molar-refractivity contribution in [3.05, 3.63) is 0 Å². The molecule has 0 aromatic carbocycles. The summed E-state index contributed by atoms with van der Waals surface area (Å²) < 4.78 is 5.04. The van der Waals surface area contributed by atoms with Gasteiger partial charge in [-0.15, -0.1) is 0 Å². The molecule has 0 spiro atoms. The summed E-state index contributed by atoms with van der Waals surface area (Å²) in [5.74, 6) is -0.272. The smallest absolute Gasteiger partial charge is 0.307 e. The average Bonchev–Trinajstić information content (AvgIpc) is 2.48. The van der Waals surface area contributed by atoms with E-state index in [0.717, 1.165) is 12.8 Å². The molecule has 0 fully saturated rings. The van der Waals surface area contributed by atoms with Gasteiger partial charge >= 0.3 is 5.97 Å². The van der Waals surface area contributed by atoms with E-state index < -0.39 is 0 Å². The van der Waals surface area contributed by atoms with Crippen LogP contribution in [-0.2, 0) is 9.53 Å². The molecule has 23 heavy (non-hydrogen) atoms. The predicted molar refractivity (Wildman–Crippen MR) is 96.3 cm³/mol. The number of ether oxygens (including phenoxy) is 1. The summed E-state index contributed by atoms with van der Waals surface area (Å²) in [6, 6.07) is -0.168. The second-order valence-electron chi connectivity index (χ2n) is 6.82. The third-order valence-corrected chi connectivity index (χ3v) is 4.09. The Labute approximate surface area is 143 Å². The second-order valence-corrected chi connectivity index (χ2v) is 6.82. The van der Waals surface area contributed by atoms with E-state index in [9.17, 15) is 9.90 Å². The number of aliphatic hydroxyl groups is 1. The van der Waals surface area contributed by atoms with E-state index >= 15 is 0 Å². The van der Waals surface area contributed by atoms with Crippen LogP contribution in [0.5, 0.6) is 0 Å². The van der Waals surface area contributed by atoms with Gasteiger partial charge in [-0.05, 0) is 13.3 Å². The molecular weight excluding hydrogens is 290 g/mol. The standard InChI is InChI=1S/C19H39NO3/c1-3-4-5-6-7-8-9-10-11-12-13-18(21)14-15-23-19(22)16-17(2)20/h17-18,21H,3-16,20H2,1-2H3. The Morgan fingerprint density at radius 2 is 1.48 bits per heavy atom. The van der Waals surface area contributed by atoms with Crippen LogP contribution in [0.2, 0.25) is 0 Å². The molecule has 0 aliphatic carbocycles. The summed E-state index contributed by atoms with van der Waals surface area (Å²) in [4.78, 5) is 11.3. The van der Waals surface area contributed by atoms with Gasteiger partial charge in [0.15, 0.2) is 0 Å². The maximum absolute atomic E-state index is 11.3. The van der Waals surface area contributed by atoms with E-state index in [0.29, 0.717) is 13.0 Å². The van der Waals surface area contributed by atoms with E-state index in [1.54, 1.807) is 6.92 Å². The van der Waals surface area contributed by atoms with Gasteiger partial charge in [-0.2, -0.15) is 0 Å². The molecule has 0 radical (unpaired) electrons. The molecule has 138 valence electrons. The summed E-state index contributed by atoms with van der Waals surface area (Å²) in [7, 11) is 0. The fraction of sp³-hybridized carbons (Fsp3) is 0.947. The van der Waals surface area contributed by atoms with Crippen molar-refractivity contribution in [2.45, 2.75) is 109 Å². The Hall–Kier alpha value is -0.610. The lowest BCUT2D eigenvalue weighted by Crippen LogP contribution is -2.22. The van der Waals surface area contributed by atoms with Gasteiger partial charge in [0.1, 0.15) is 0 Å². The van der Waals surface area contributed by atoms with Gasteiger partial charge < -0.3 is 15.6 Å². The fourth-order valence-electron chi connectivity index (χ4n) is 2.64. The molecule has 4 heteroatoms. The summed E-state index contributed by atoms with van der Waals surface area (Å²) >= 11 is 0. The Bertz CT molecular complexity index is 269. The van der Waals surface area contributed by atoms with Crippen LogP contribution < -0.4 is 5.73 Å². The first kappa shape index (κ1) is 22.4. The predicted octanol–water partition coefficient (Wildman–Crippen LogP) is 4.33. The first-order valence-corrected chi connectivity index (χ1v) is 9.65. The van der Waals surface area contributed by atoms with E-state index in [2.05, 4.69) is 6.92 Å². The van der Waals surface area contributed by atoms with E-state index in [1.165, 1.54) is 57.8 Å². The normalized spacial score (nSPS) is 13.7. The summed E-state index contributed by atoms with van der Waals surface area (Å²) in [5.41, 5.74) is 5.52. The zero-order chi connectivity index (χ0) is 17.3. The van der Waals surface area contributed by atoms with Crippen LogP contribution in [-0.4, -0.2) is 29.8 Å². The molecule has 2 unspecified atom stereocenters. The maximum atomic E-state index is 11.3. The van der Waals surface area contributed by atoms with Crippen molar-refractivity contribution in [2.24, 2.45) is 5.73 Å². The maximum Gasteiger partial charge on any atom is 0.307 e. The Balaban J connectivity index is 3.27. The lowest BCUT2D eigenvalue weighted by Gasteiger charge is -2.11. The van der Waals surface area contributed by atoms with Gasteiger partial charge in [0.05, 0.1) is 19.1 Å². The monoisotopic (exact) mass is 329 g/mol. The first-order chi connectivity index (χ1) is 11.1. The van der Waals surface area contributed by atoms with Crippen LogP contribution in [0.25, 0.3) is 0 Å². The van der Waals surface area contributed by atoms with Crippen molar-refractivity contribution < 1.29 is 14.6 Å². The minimum Gasteiger partial charge on any atom is -0.466 e. The highest BCUT2D eigenvalue weighted by Gasteiger charge is 2.08. The molecule has 0 heterocycles. The lowest BCUT2D eigenvalue weighted by molar-refractivity contribution is -0.144. The van der Waals surface area contributed by atoms with Crippen molar-refractivity contribution in [3.8, 4) is 0 Å². The number of hydrogen-bond acceptors (Lipinski definition) is 4. The Morgan fingerprint density at radius 3 is 2.00 bits per heavy atom. The molecule has 0 saturated carbocycles. The fourth-order valence-corrected chi connectivity index (χ4v) is 2.64. The number of hydrogen-bond donors (Lipinski definition) is 2. The molecule has 0 rings (SSSR count). The van der Waals surface area contributed by atoms with Gasteiger partial charge in [0.2, 0.25) is 0 Å². The van der Waals surface area contributed by atoms with Crippen LogP contribution in [0, 0.1) is 0 Å². The highest BCUT2D eigenvalue weighted by Crippen LogP contribution is 2.12. The number of rotatable bonds is 16. The van der Waals surface area contributed by atoms with Crippen molar-refractivity contribution in [3.63, 3.8) is 0 Å². The SMILES string of the molecule is CCCCCCCCCCCCC(O)CCOC(=O)CC(C)N. The average molecular weight is 330 g/mol. The van der Waals surface area contributed by atoms with Crippen LogP contribution in [0.15, 0.2) is 0 Å². The molecule has 0 saturated heterocycles. The summed E-state index contributed by atoms with van der Waals surface area (Å²) in [6.07, 6.45) is 14.2. The number of nitrogens with two attached hydrogens (primary N) is 1. The molecule has 4 nitrogen and oxygen atoms in total. The van der Waals surface area contributed by atoms with Gasteiger partial charge in [-0.1, -0.05) is 71.1 Å². The van der Waals surface area contributed by atoms with Crippen LogP contribution in [0.3, 0.4) is 0 Å². The lowest BCUT2D eigenvalue weighted by atomic mass is 10.0. The Morgan fingerprint density at radius 1 is 0.957 bits per heavy atom. The largest absolute Gasteiger partial charge is 0.466 e. The number of carbonyl (C=O) groups is 1. The van der Waals surface area contributed by atoms with E-state index in [-0.39, 0.29) is 24.5 Å². The highest BCUT2D eigenvalue weighted by atomic mass is 16.5. The van der Waals surface area contributed by atoms with E-state index in [1.807, 2.05) is 0 Å². The third-order valence-electron chi connectivity index (χ3n) is 4.09.